The average molecular weight is 400 g/mol. The van der Waals surface area contributed by atoms with E-state index in [1.54, 1.807) is 0 Å². The highest BCUT2D eigenvalue weighted by atomic mass is 35.5. The second-order valence-corrected chi connectivity index (χ2v) is 7.09. The molecule has 0 bridgehead atoms. The third-order valence-corrected chi connectivity index (χ3v) is 5.11. The topological polar surface area (TPSA) is 59.4 Å². The Morgan fingerprint density at radius 1 is 1.37 bits per heavy atom. The van der Waals surface area contributed by atoms with E-state index in [1.165, 1.54) is 18.3 Å². The van der Waals surface area contributed by atoms with Crippen molar-refractivity contribution in [3.8, 4) is 16.9 Å². The Kier molecular flexibility index (Phi) is 5.60. The number of hydrogen-bond donors (Lipinski definition) is 1. The van der Waals surface area contributed by atoms with E-state index in [4.69, 9.17) is 11.6 Å². The van der Waals surface area contributed by atoms with Crippen LogP contribution in [0.5, 0.6) is 5.75 Å². The van der Waals surface area contributed by atoms with Gasteiger partial charge in [0, 0.05) is 11.8 Å². The van der Waals surface area contributed by atoms with Gasteiger partial charge in [-0.05, 0) is 42.9 Å². The second kappa shape index (κ2) is 7.76. The van der Waals surface area contributed by atoms with Crippen molar-refractivity contribution < 1.29 is 27.8 Å². The molecule has 1 fully saturated rings. The molecule has 0 radical (unpaired) electrons. The van der Waals surface area contributed by atoms with Gasteiger partial charge in [0.15, 0.2) is 5.82 Å². The number of carboxylic acid groups (broad SMARTS) is 1. The normalized spacial score (nSPS) is 19.8. The fraction of sp³-hybridized carbons (Fsp3) is 0.368. The predicted molar refractivity (Wildman–Crippen MR) is 93.5 cm³/mol. The van der Waals surface area contributed by atoms with E-state index < -0.39 is 24.3 Å². The number of aromatic nitrogens is 1. The van der Waals surface area contributed by atoms with Crippen molar-refractivity contribution in [1.29, 1.82) is 0 Å². The van der Waals surface area contributed by atoms with E-state index in [9.17, 15) is 23.1 Å². The number of benzene rings is 1. The van der Waals surface area contributed by atoms with E-state index in [2.05, 4.69) is 16.6 Å². The summed E-state index contributed by atoms with van der Waals surface area (Å²) >= 11 is 5.76. The van der Waals surface area contributed by atoms with Crippen LogP contribution in [0.25, 0.3) is 11.1 Å². The summed E-state index contributed by atoms with van der Waals surface area (Å²) in [5, 5.41) is 9.23. The van der Waals surface area contributed by atoms with Gasteiger partial charge in [-0.25, -0.2) is 4.39 Å². The fourth-order valence-electron chi connectivity index (χ4n) is 3.13. The smallest absolute Gasteiger partial charge is 0.387 e. The van der Waals surface area contributed by atoms with E-state index >= 15 is 0 Å². The molecule has 3 rings (SSSR count). The molecule has 27 heavy (non-hydrogen) atoms. The molecule has 144 valence electrons. The molecule has 1 aliphatic rings. The SMILES string of the molecule is CC1CC1CC(C(=O)O)c1ccc(-c2c(OC(F)F)ccc(Cl)c2F)cn1. The number of aliphatic carboxylic acids is 1. The summed E-state index contributed by atoms with van der Waals surface area (Å²) in [6, 6.07) is 5.17. The number of halogens is 4. The third-order valence-electron chi connectivity index (χ3n) is 4.82. The van der Waals surface area contributed by atoms with Crippen molar-refractivity contribution in [3.63, 3.8) is 0 Å². The van der Waals surface area contributed by atoms with E-state index in [0.717, 1.165) is 18.6 Å². The summed E-state index contributed by atoms with van der Waals surface area (Å²) in [6.45, 7) is -1.07. The Hall–Kier alpha value is -2.28. The number of rotatable bonds is 7. The van der Waals surface area contributed by atoms with Crippen molar-refractivity contribution in [2.24, 2.45) is 11.8 Å². The van der Waals surface area contributed by atoms with Crippen LogP contribution < -0.4 is 4.74 Å². The zero-order valence-electron chi connectivity index (χ0n) is 14.3. The lowest BCUT2D eigenvalue weighted by Gasteiger charge is -2.15. The maximum absolute atomic E-state index is 14.4. The minimum Gasteiger partial charge on any atom is -0.481 e. The quantitative estimate of drug-likeness (QED) is 0.681. The van der Waals surface area contributed by atoms with Crippen LogP contribution in [-0.4, -0.2) is 22.7 Å². The lowest BCUT2D eigenvalue weighted by molar-refractivity contribution is -0.139. The highest BCUT2D eigenvalue weighted by Gasteiger charge is 2.37. The van der Waals surface area contributed by atoms with E-state index in [-0.39, 0.29) is 21.9 Å². The Bertz CT molecular complexity index is 845. The number of pyridine rings is 1. The molecule has 3 unspecified atom stereocenters. The van der Waals surface area contributed by atoms with Gasteiger partial charge in [0.1, 0.15) is 5.75 Å². The molecule has 1 aliphatic carbocycles. The average Bonchev–Trinajstić information content (AvgIpc) is 3.31. The first-order valence-electron chi connectivity index (χ1n) is 8.39. The van der Waals surface area contributed by atoms with Gasteiger partial charge < -0.3 is 9.84 Å². The Morgan fingerprint density at radius 2 is 2.07 bits per heavy atom. The van der Waals surface area contributed by atoms with E-state index in [1.807, 2.05) is 0 Å². The zero-order chi connectivity index (χ0) is 19.7. The number of alkyl halides is 2. The van der Waals surface area contributed by atoms with Gasteiger partial charge in [-0.3, -0.25) is 9.78 Å². The first kappa shape index (κ1) is 19.5. The Morgan fingerprint density at radius 3 is 2.59 bits per heavy atom. The molecule has 2 aromatic rings. The maximum Gasteiger partial charge on any atom is 0.387 e. The van der Waals surface area contributed by atoms with Crippen LogP contribution in [0.4, 0.5) is 13.2 Å². The number of ether oxygens (including phenoxy) is 1. The van der Waals surface area contributed by atoms with Crippen LogP contribution in [0.15, 0.2) is 30.5 Å². The Labute approximate surface area is 158 Å². The summed E-state index contributed by atoms with van der Waals surface area (Å²) in [6.07, 6.45) is 2.71. The molecule has 1 aromatic heterocycles. The predicted octanol–water partition coefficient (Wildman–Crippen LogP) is 5.36. The molecule has 0 spiro atoms. The fourth-order valence-corrected chi connectivity index (χ4v) is 3.29. The number of nitrogens with zero attached hydrogens (tertiary/aromatic N) is 1. The molecule has 0 amide bonds. The van der Waals surface area contributed by atoms with Crippen LogP contribution >= 0.6 is 11.6 Å². The van der Waals surface area contributed by atoms with Crippen molar-refractivity contribution in [3.05, 3.63) is 47.0 Å². The highest BCUT2D eigenvalue weighted by molar-refractivity contribution is 6.31. The molecule has 4 nitrogen and oxygen atoms in total. The van der Waals surface area contributed by atoms with Gasteiger partial charge in [0.2, 0.25) is 0 Å². The maximum atomic E-state index is 14.4. The summed E-state index contributed by atoms with van der Waals surface area (Å²) in [4.78, 5) is 15.7. The summed E-state index contributed by atoms with van der Waals surface area (Å²) in [5.74, 6) is -2.18. The van der Waals surface area contributed by atoms with E-state index in [0.29, 0.717) is 24.0 Å². The number of carbonyl (C=O) groups is 1. The monoisotopic (exact) mass is 399 g/mol. The molecule has 1 heterocycles. The summed E-state index contributed by atoms with van der Waals surface area (Å²) in [7, 11) is 0. The standard InChI is InChI=1S/C19H17ClF3NO3/c1-9-6-11(9)7-12(18(25)26)14-4-2-10(8-24-14)16-15(27-19(22)23)5-3-13(20)17(16)21/h2-5,8-9,11-12,19H,6-7H2,1H3,(H,25,26). The molecule has 8 heteroatoms. The molecule has 3 atom stereocenters. The van der Waals surface area contributed by atoms with Crippen molar-refractivity contribution >= 4 is 17.6 Å². The molecule has 1 saturated carbocycles. The highest BCUT2D eigenvalue weighted by Crippen LogP contribution is 2.44. The van der Waals surface area contributed by atoms with Crippen molar-refractivity contribution in [2.45, 2.75) is 32.3 Å². The van der Waals surface area contributed by atoms with Gasteiger partial charge in [-0.1, -0.05) is 24.6 Å². The first-order valence-corrected chi connectivity index (χ1v) is 8.77. The van der Waals surface area contributed by atoms with Gasteiger partial charge in [-0.2, -0.15) is 8.78 Å². The lowest BCUT2D eigenvalue weighted by Crippen LogP contribution is -2.14. The summed E-state index contributed by atoms with van der Waals surface area (Å²) < 4.78 is 44.0. The number of carboxylic acids is 1. The Balaban J connectivity index is 1.93. The van der Waals surface area contributed by atoms with Gasteiger partial charge in [0.05, 0.1) is 22.2 Å². The molecular formula is C19H17ClF3NO3. The zero-order valence-corrected chi connectivity index (χ0v) is 15.1. The van der Waals surface area contributed by atoms with Gasteiger partial charge in [-0.15, -0.1) is 0 Å². The molecule has 0 aliphatic heterocycles. The molecule has 1 aromatic carbocycles. The van der Waals surface area contributed by atoms with Gasteiger partial charge >= 0.3 is 12.6 Å². The van der Waals surface area contributed by atoms with Crippen LogP contribution in [-0.2, 0) is 4.79 Å². The van der Waals surface area contributed by atoms with Crippen molar-refractivity contribution in [2.75, 3.05) is 0 Å². The largest absolute Gasteiger partial charge is 0.481 e. The second-order valence-electron chi connectivity index (χ2n) is 6.68. The van der Waals surface area contributed by atoms with Crippen LogP contribution in [0.3, 0.4) is 0 Å². The third kappa shape index (κ3) is 4.35. The first-order chi connectivity index (χ1) is 12.8. The minimum absolute atomic E-state index is 0.165. The van der Waals surface area contributed by atoms with Crippen molar-refractivity contribution in [1.82, 2.24) is 4.98 Å². The van der Waals surface area contributed by atoms with Crippen LogP contribution in [0.2, 0.25) is 5.02 Å². The lowest BCUT2D eigenvalue weighted by atomic mass is 9.96. The summed E-state index contributed by atoms with van der Waals surface area (Å²) in [5.41, 5.74) is 0.256. The van der Waals surface area contributed by atoms with Crippen LogP contribution in [0.1, 0.15) is 31.4 Å². The van der Waals surface area contributed by atoms with Crippen LogP contribution in [0, 0.1) is 17.7 Å². The van der Waals surface area contributed by atoms with Gasteiger partial charge in [0.25, 0.3) is 0 Å². The molecule has 1 N–H and O–H groups in total. The molecular weight excluding hydrogens is 383 g/mol. The molecule has 0 saturated heterocycles. The minimum atomic E-state index is -3.13. The number of hydrogen-bond acceptors (Lipinski definition) is 3.